The topological polar surface area (TPSA) is 45.7 Å². The number of hydrogen-bond donors (Lipinski definition) is 0. The number of hydrogen-bond acceptors (Lipinski definition) is 4. The van der Waals surface area contributed by atoms with Crippen LogP contribution in [0.25, 0.3) is 0 Å². The average molecular weight is 339 g/mol. The molecule has 0 N–H and O–H groups in total. The van der Waals surface area contributed by atoms with Gasteiger partial charge in [-0.25, -0.2) is 0 Å². The molecule has 5 heteroatoms. The van der Waals surface area contributed by atoms with E-state index < -0.39 is 0 Å². The van der Waals surface area contributed by atoms with Crippen LogP contribution in [0.15, 0.2) is 48.8 Å². The number of aromatic nitrogens is 1. The predicted molar refractivity (Wildman–Crippen MR) is 98.7 cm³/mol. The van der Waals surface area contributed by atoms with Crippen LogP contribution < -0.4 is 4.90 Å². The lowest BCUT2D eigenvalue weighted by molar-refractivity contribution is 0.0690. The summed E-state index contributed by atoms with van der Waals surface area (Å²) in [5, 5.41) is 0. The molecule has 0 aliphatic carbocycles. The maximum Gasteiger partial charge on any atom is 0.256 e. The molecule has 5 nitrogen and oxygen atoms in total. The van der Waals surface area contributed by atoms with Crippen molar-refractivity contribution in [2.45, 2.75) is 26.4 Å². The van der Waals surface area contributed by atoms with E-state index in [-0.39, 0.29) is 11.9 Å². The van der Waals surface area contributed by atoms with Crippen molar-refractivity contribution in [1.29, 1.82) is 0 Å². The van der Waals surface area contributed by atoms with E-state index in [1.54, 1.807) is 6.20 Å². The molecule has 3 rings (SSSR count). The quantitative estimate of drug-likeness (QED) is 0.840. The molecular formula is C20H25N3O2. The van der Waals surface area contributed by atoms with Crippen LogP contribution in [-0.4, -0.2) is 48.1 Å². The maximum atomic E-state index is 13.1. The number of anilines is 1. The zero-order valence-corrected chi connectivity index (χ0v) is 14.9. The number of morpholine rings is 1. The summed E-state index contributed by atoms with van der Waals surface area (Å²) in [7, 11) is 0. The van der Waals surface area contributed by atoms with Crippen molar-refractivity contribution in [3.8, 4) is 0 Å². The van der Waals surface area contributed by atoms with Crippen molar-refractivity contribution in [2.75, 3.05) is 31.2 Å². The summed E-state index contributed by atoms with van der Waals surface area (Å²) < 4.78 is 5.40. The number of ether oxygens (including phenoxy) is 1. The van der Waals surface area contributed by atoms with Gasteiger partial charge in [0.05, 0.1) is 30.7 Å². The van der Waals surface area contributed by atoms with Crippen LogP contribution in [0.2, 0.25) is 0 Å². The lowest BCUT2D eigenvalue weighted by atomic mass is 10.1. The zero-order chi connectivity index (χ0) is 17.6. The van der Waals surface area contributed by atoms with Gasteiger partial charge in [-0.3, -0.25) is 9.78 Å². The number of benzene rings is 1. The maximum absolute atomic E-state index is 13.1. The molecule has 1 amide bonds. The van der Waals surface area contributed by atoms with E-state index >= 15 is 0 Å². The number of carbonyl (C=O) groups excluding carboxylic acids is 1. The van der Waals surface area contributed by atoms with Crippen molar-refractivity contribution in [3.05, 3.63) is 59.9 Å². The van der Waals surface area contributed by atoms with Crippen molar-refractivity contribution in [1.82, 2.24) is 9.88 Å². The fourth-order valence-electron chi connectivity index (χ4n) is 2.97. The van der Waals surface area contributed by atoms with Gasteiger partial charge in [0, 0.05) is 31.9 Å². The largest absolute Gasteiger partial charge is 0.378 e. The Bertz CT molecular complexity index is 697. The molecule has 0 atom stereocenters. The van der Waals surface area contributed by atoms with Crippen molar-refractivity contribution in [2.24, 2.45) is 0 Å². The molecule has 132 valence electrons. The second-order valence-corrected chi connectivity index (χ2v) is 6.54. The molecule has 1 aliphatic heterocycles. The van der Waals surface area contributed by atoms with Crippen LogP contribution in [0.3, 0.4) is 0 Å². The summed E-state index contributed by atoms with van der Waals surface area (Å²) in [6.07, 6.45) is 3.48. The highest BCUT2D eigenvalue weighted by atomic mass is 16.5. The Hall–Kier alpha value is -2.40. The third-order valence-electron chi connectivity index (χ3n) is 4.43. The molecule has 0 unspecified atom stereocenters. The number of amides is 1. The molecule has 0 saturated carbocycles. The van der Waals surface area contributed by atoms with Gasteiger partial charge in [-0.15, -0.1) is 0 Å². The highest BCUT2D eigenvalue weighted by Gasteiger charge is 2.21. The Morgan fingerprint density at radius 1 is 1.20 bits per heavy atom. The van der Waals surface area contributed by atoms with E-state index in [1.165, 1.54) is 0 Å². The lowest BCUT2D eigenvalue weighted by Gasteiger charge is -2.30. The summed E-state index contributed by atoms with van der Waals surface area (Å²) in [5.41, 5.74) is 2.74. The van der Waals surface area contributed by atoms with Crippen LogP contribution in [0.5, 0.6) is 0 Å². The molecule has 1 aromatic carbocycles. The Balaban J connectivity index is 1.79. The van der Waals surface area contributed by atoms with Crippen LogP contribution in [0, 0.1) is 0 Å². The molecular weight excluding hydrogens is 314 g/mol. The molecule has 1 aromatic heterocycles. The third kappa shape index (κ3) is 4.37. The van der Waals surface area contributed by atoms with Gasteiger partial charge in [0.25, 0.3) is 5.91 Å². The highest BCUT2D eigenvalue weighted by molar-refractivity contribution is 5.95. The number of carbonyl (C=O) groups is 1. The molecule has 1 saturated heterocycles. The first kappa shape index (κ1) is 17.4. The summed E-state index contributed by atoms with van der Waals surface area (Å²) in [6.45, 7) is 7.77. The Morgan fingerprint density at radius 3 is 2.60 bits per heavy atom. The SMILES string of the molecule is CC(C)N(Cc1ccccc1)C(=O)c1cncc(N2CCOCC2)c1. The minimum atomic E-state index is 0.0152. The summed E-state index contributed by atoms with van der Waals surface area (Å²) >= 11 is 0. The zero-order valence-electron chi connectivity index (χ0n) is 14.9. The fourth-order valence-corrected chi connectivity index (χ4v) is 2.97. The van der Waals surface area contributed by atoms with E-state index in [4.69, 9.17) is 4.74 Å². The van der Waals surface area contributed by atoms with Crippen LogP contribution in [0.1, 0.15) is 29.8 Å². The number of pyridine rings is 1. The van der Waals surface area contributed by atoms with Gasteiger partial charge in [-0.2, -0.15) is 0 Å². The lowest BCUT2D eigenvalue weighted by Crippen LogP contribution is -2.38. The summed E-state index contributed by atoms with van der Waals surface area (Å²) in [6, 6.07) is 12.1. The van der Waals surface area contributed by atoms with Gasteiger partial charge in [0.1, 0.15) is 0 Å². The number of nitrogens with zero attached hydrogens (tertiary/aromatic N) is 3. The van der Waals surface area contributed by atoms with Crippen molar-refractivity contribution >= 4 is 11.6 Å². The Morgan fingerprint density at radius 2 is 1.92 bits per heavy atom. The molecule has 0 bridgehead atoms. The van der Waals surface area contributed by atoms with Gasteiger partial charge < -0.3 is 14.5 Å². The van der Waals surface area contributed by atoms with Crippen molar-refractivity contribution in [3.63, 3.8) is 0 Å². The minimum absolute atomic E-state index is 0.0152. The highest BCUT2D eigenvalue weighted by Crippen LogP contribution is 2.19. The molecule has 0 spiro atoms. The van der Waals surface area contributed by atoms with Gasteiger partial charge in [0.15, 0.2) is 0 Å². The normalized spacial score (nSPS) is 14.6. The monoisotopic (exact) mass is 339 g/mol. The van der Waals surface area contributed by atoms with Gasteiger partial charge in [0.2, 0.25) is 0 Å². The van der Waals surface area contributed by atoms with E-state index in [1.807, 2.05) is 61.3 Å². The molecule has 1 fully saturated rings. The molecule has 0 radical (unpaired) electrons. The van der Waals surface area contributed by atoms with E-state index in [9.17, 15) is 4.79 Å². The van der Waals surface area contributed by atoms with Crippen LogP contribution in [-0.2, 0) is 11.3 Å². The smallest absolute Gasteiger partial charge is 0.256 e. The van der Waals surface area contributed by atoms with E-state index in [0.29, 0.717) is 25.3 Å². The van der Waals surface area contributed by atoms with E-state index in [2.05, 4.69) is 9.88 Å². The van der Waals surface area contributed by atoms with Gasteiger partial charge in [-0.1, -0.05) is 30.3 Å². The Labute approximate surface area is 149 Å². The molecule has 25 heavy (non-hydrogen) atoms. The first-order chi connectivity index (χ1) is 12.1. The predicted octanol–water partition coefficient (Wildman–Crippen LogP) is 2.97. The van der Waals surface area contributed by atoms with Gasteiger partial charge in [-0.05, 0) is 25.5 Å². The third-order valence-corrected chi connectivity index (χ3v) is 4.43. The fraction of sp³-hybridized carbons (Fsp3) is 0.400. The Kier molecular flexibility index (Phi) is 5.66. The van der Waals surface area contributed by atoms with E-state index in [0.717, 1.165) is 24.3 Å². The van der Waals surface area contributed by atoms with Crippen molar-refractivity contribution < 1.29 is 9.53 Å². The van der Waals surface area contributed by atoms with Crippen LogP contribution >= 0.6 is 0 Å². The summed E-state index contributed by atoms with van der Waals surface area (Å²) in [5.74, 6) is 0.0152. The average Bonchev–Trinajstić information content (AvgIpc) is 2.67. The number of rotatable bonds is 5. The molecule has 1 aliphatic rings. The second-order valence-electron chi connectivity index (χ2n) is 6.54. The second kappa shape index (κ2) is 8.12. The summed E-state index contributed by atoms with van der Waals surface area (Å²) in [4.78, 5) is 21.5. The minimum Gasteiger partial charge on any atom is -0.378 e. The molecule has 2 aromatic rings. The first-order valence-electron chi connectivity index (χ1n) is 8.78. The molecule has 2 heterocycles. The first-order valence-corrected chi connectivity index (χ1v) is 8.78. The van der Waals surface area contributed by atoms with Crippen LogP contribution in [0.4, 0.5) is 5.69 Å². The van der Waals surface area contributed by atoms with Gasteiger partial charge >= 0.3 is 0 Å². The standard InChI is InChI=1S/C20H25N3O2/c1-16(2)23(15-17-6-4-3-5-7-17)20(24)18-12-19(14-21-13-18)22-8-10-25-11-9-22/h3-7,12-14,16H,8-11,15H2,1-2H3.